The van der Waals surface area contributed by atoms with Crippen molar-refractivity contribution >= 4 is 13.5 Å². The minimum absolute atomic E-state index is 0.777. The maximum atomic E-state index is 4.97. The molecule has 0 aromatic heterocycles. The van der Waals surface area contributed by atoms with E-state index in [2.05, 4.69) is 37.9 Å². The van der Waals surface area contributed by atoms with Crippen molar-refractivity contribution in [2.24, 2.45) is 5.90 Å². The molecule has 1 unspecified atom stereocenters. The van der Waals surface area contributed by atoms with Gasteiger partial charge in [-0.1, -0.05) is 17.7 Å². The van der Waals surface area contributed by atoms with Crippen molar-refractivity contribution in [3.63, 3.8) is 0 Å². The molecule has 0 aliphatic heterocycles. The van der Waals surface area contributed by atoms with Crippen LogP contribution in [0.2, 0.25) is 0 Å². The number of nitrogens with two attached hydrogens (primary N) is 1. The van der Waals surface area contributed by atoms with Gasteiger partial charge in [0, 0.05) is 5.30 Å². The molecule has 1 aromatic rings. The summed E-state index contributed by atoms with van der Waals surface area (Å²) in [5.74, 6) is 4.89. The highest BCUT2D eigenvalue weighted by Gasteiger charge is 2.13. The van der Waals surface area contributed by atoms with Crippen molar-refractivity contribution in [1.29, 1.82) is 0 Å². The molecule has 2 N–H and O–H groups in total. The molecule has 0 radical (unpaired) electrons. The van der Waals surface area contributed by atoms with Gasteiger partial charge < -0.3 is 0 Å². The second-order valence-corrected chi connectivity index (χ2v) is 5.01. The number of hydrogen-bond acceptors (Lipinski definition) is 3. The first kappa shape index (κ1) is 11.6. The molecule has 0 heterocycles. The Morgan fingerprint density at radius 3 is 2.07 bits per heavy atom. The standard InChI is InChI=1S/C10H16NO2P/c1-7-5-8(2)10(9(3)6-7)14(4)13-12-11/h5-6H,11H2,1-4H3. The molecular weight excluding hydrogens is 197 g/mol. The van der Waals surface area contributed by atoms with Crippen LogP contribution >= 0.6 is 8.15 Å². The van der Waals surface area contributed by atoms with E-state index in [0.29, 0.717) is 0 Å². The fourth-order valence-corrected chi connectivity index (χ4v) is 3.10. The summed E-state index contributed by atoms with van der Waals surface area (Å²) in [5.41, 5.74) is 3.72. The lowest BCUT2D eigenvalue weighted by molar-refractivity contribution is -0.202. The summed E-state index contributed by atoms with van der Waals surface area (Å²) in [7, 11) is -0.777. The van der Waals surface area contributed by atoms with Crippen LogP contribution in [-0.2, 0) is 9.66 Å². The Morgan fingerprint density at radius 2 is 1.64 bits per heavy atom. The van der Waals surface area contributed by atoms with Crippen LogP contribution in [0.15, 0.2) is 12.1 Å². The molecular formula is C10H16NO2P. The van der Waals surface area contributed by atoms with E-state index >= 15 is 0 Å². The predicted molar refractivity (Wildman–Crippen MR) is 59.5 cm³/mol. The van der Waals surface area contributed by atoms with E-state index in [-0.39, 0.29) is 0 Å². The van der Waals surface area contributed by atoms with Crippen molar-refractivity contribution in [3.05, 3.63) is 28.8 Å². The van der Waals surface area contributed by atoms with Gasteiger partial charge in [-0.25, -0.2) is 0 Å². The Balaban J connectivity index is 3.07. The molecule has 0 spiro atoms. The highest BCUT2D eigenvalue weighted by atomic mass is 31.1. The highest BCUT2D eigenvalue weighted by Crippen LogP contribution is 2.33. The Bertz CT molecular complexity index is 305. The first-order chi connectivity index (χ1) is 6.56. The van der Waals surface area contributed by atoms with E-state index in [4.69, 9.17) is 10.6 Å². The van der Waals surface area contributed by atoms with Crippen molar-refractivity contribution < 1.29 is 9.66 Å². The second kappa shape index (κ2) is 4.85. The normalized spacial score (nSPS) is 12.9. The highest BCUT2D eigenvalue weighted by molar-refractivity contribution is 7.60. The molecule has 0 amide bonds. The zero-order valence-electron chi connectivity index (χ0n) is 9.00. The lowest BCUT2D eigenvalue weighted by Crippen LogP contribution is -2.12. The van der Waals surface area contributed by atoms with E-state index < -0.39 is 8.15 Å². The summed E-state index contributed by atoms with van der Waals surface area (Å²) in [6, 6.07) is 4.28. The molecule has 78 valence electrons. The van der Waals surface area contributed by atoms with E-state index in [1.807, 2.05) is 6.66 Å². The largest absolute Gasteiger partial charge is 0.192 e. The van der Waals surface area contributed by atoms with Gasteiger partial charge in [-0.05, 0) is 38.6 Å². The van der Waals surface area contributed by atoms with Crippen LogP contribution < -0.4 is 11.2 Å². The van der Waals surface area contributed by atoms with Crippen molar-refractivity contribution in [1.82, 2.24) is 0 Å². The summed E-state index contributed by atoms with van der Waals surface area (Å²) in [5, 5.41) is 1.20. The lowest BCUT2D eigenvalue weighted by Gasteiger charge is -2.15. The van der Waals surface area contributed by atoms with Gasteiger partial charge in [0.2, 0.25) is 0 Å². The van der Waals surface area contributed by atoms with Gasteiger partial charge in [0.05, 0.1) is 0 Å². The minimum atomic E-state index is -0.777. The van der Waals surface area contributed by atoms with Gasteiger partial charge in [0.15, 0.2) is 0 Å². The smallest absolute Gasteiger partial charge is 0.102 e. The molecule has 1 rings (SSSR count). The second-order valence-electron chi connectivity index (χ2n) is 3.42. The van der Waals surface area contributed by atoms with Crippen molar-refractivity contribution in [3.8, 4) is 0 Å². The third-order valence-electron chi connectivity index (χ3n) is 2.11. The summed E-state index contributed by atoms with van der Waals surface area (Å²) in [6.45, 7) is 8.22. The quantitative estimate of drug-likeness (QED) is 0.475. The molecule has 0 fully saturated rings. The monoisotopic (exact) mass is 213 g/mol. The van der Waals surface area contributed by atoms with Gasteiger partial charge >= 0.3 is 0 Å². The summed E-state index contributed by atoms with van der Waals surface area (Å²) in [4.78, 5) is 4.23. The number of benzene rings is 1. The van der Waals surface area contributed by atoms with E-state index in [1.165, 1.54) is 22.0 Å². The fraction of sp³-hybridized carbons (Fsp3) is 0.400. The van der Waals surface area contributed by atoms with Gasteiger partial charge in [-0.3, -0.25) is 0 Å². The van der Waals surface area contributed by atoms with Crippen LogP contribution in [0.4, 0.5) is 0 Å². The lowest BCUT2D eigenvalue weighted by atomic mass is 10.1. The number of hydrogen-bond donors (Lipinski definition) is 1. The summed E-state index contributed by atoms with van der Waals surface area (Å²) in [6.07, 6.45) is 0. The zero-order chi connectivity index (χ0) is 10.7. The average Bonchev–Trinajstić information content (AvgIpc) is 2.01. The van der Waals surface area contributed by atoms with E-state index in [1.54, 1.807) is 0 Å². The fourth-order valence-electron chi connectivity index (χ4n) is 1.77. The van der Waals surface area contributed by atoms with Crippen molar-refractivity contribution in [2.45, 2.75) is 20.8 Å². The first-order valence-electron chi connectivity index (χ1n) is 4.41. The maximum Gasteiger partial charge on any atom is 0.102 e. The molecule has 3 nitrogen and oxygen atoms in total. The molecule has 0 bridgehead atoms. The number of rotatable bonds is 3. The van der Waals surface area contributed by atoms with E-state index in [0.717, 1.165) is 0 Å². The molecule has 1 atom stereocenters. The summed E-state index contributed by atoms with van der Waals surface area (Å²) >= 11 is 0. The van der Waals surface area contributed by atoms with Gasteiger partial charge in [0.1, 0.15) is 8.15 Å². The molecule has 0 saturated carbocycles. The van der Waals surface area contributed by atoms with E-state index in [9.17, 15) is 0 Å². The molecule has 1 aromatic carbocycles. The minimum Gasteiger partial charge on any atom is -0.192 e. The Hall–Kier alpha value is -0.470. The third kappa shape index (κ3) is 2.52. The average molecular weight is 213 g/mol. The van der Waals surface area contributed by atoms with Gasteiger partial charge in [-0.15, -0.1) is 4.99 Å². The molecule has 0 aliphatic carbocycles. The molecule has 0 saturated heterocycles. The Labute approximate surface area is 85.9 Å². The summed E-state index contributed by atoms with van der Waals surface area (Å²) < 4.78 is 4.97. The van der Waals surface area contributed by atoms with Gasteiger partial charge in [-0.2, -0.15) is 10.6 Å². The van der Waals surface area contributed by atoms with Gasteiger partial charge in [0.25, 0.3) is 0 Å². The first-order valence-corrected chi connectivity index (χ1v) is 6.12. The third-order valence-corrected chi connectivity index (χ3v) is 3.75. The zero-order valence-corrected chi connectivity index (χ0v) is 9.89. The van der Waals surface area contributed by atoms with Crippen molar-refractivity contribution in [2.75, 3.05) is 6.66 Å². The van der Waals surface area contributed by atoms with Crippen LogP contribution in [-0.4, -0.2) is 6.66 Å². The topological polar surface area (TPSA) is 44.5 Å². The number of aryl methyl sites for hydroxylation is 3. The molecule has 0 aliphatic rings. The SMILES string of the molecule is Cc1cc(C)c(P(C)OON)c(C)c1. The van der Waals surface area contributed by atoms with Crippen LogP contribution in [0.3, 0.4) is 0 Å². The Morgan fingerprint density at radius 1 is 1.14 bits per heavy atom. The Kier molecular flexibility index (Phi) is 4.02. The van der Waals surface area contributed by atoms with Crippen LogP contribution in [0.25, 0.3) is 0 Å². The van der Waals surface area contributed by atoms with Crippen LogP contribution in [0.5, 0.6) is 0 Å². The molecule has 14 heavy (non-hydrogen) atoms. The van der Waals surface area contributed by atoms with Crippen LogP contribution in [0.1, 0.15) is 16.7 Å². The maximum absolute atomic E-state index is 4.97. The van der Waals surface area contributed by atoms with Crippen LogP contribution in [0, 0.1) is 20.8 Å². The molecule has 4 heteroatoms. The predicted octanol–water partition coefficient (Wildman–Crippen LogP) is 2.09.